The number of nitrogens with zero attached hydrogens (tertiary/aromatic N) is 5. The van der Waals surface area contributed by atoms with Crippen molar-refractivity contribution in [1.29, 1.82) is 0 Å². The molecule has 2 aromatic rings. The zero-order chi connectivity index (χ0) is 19.1. The number of fused-ring (bicyclic) bond motifs is 1. The maximum absolute atomic E-state index is 13.3. The average molecular weight is 367 g/mol. The van der Waals surface area contributed by atoms with Crippen molar-refractivity contribution in [2.75, 3.05) is 13.1 Å². The Hall–Kier alpha value is -2.32. The highest BCUT2D eigenvalue weighted by atomic mass is 19.3. The first-order chi connectivity index (χ1) is 12.1. The number of rotatable bonds is 2. The van der Waals surface area contributed by atoms with Gasteiger partial charge >= 0.3 is 6.09 Å². The lowest BCUT2D eigenvalue weighted by atomic mass is 9.78. The number of alkyl halides is 2. The number of aromatic nitrogens is 4. The second-order valence-corrected chi connectivity index (χ2v) is 7.90. The summed E-state index contributed by atoms with van der Waals surface area (Å²) in [6.45, 7) is 8.29. The van der Waals surface area contributed by atoms with Crippen LogP contribution in [0.25, 0.3) is 5.78 Å². The molecule has 0 unspecified atom stereocenters. The molecule has 0 radical (unpaired) electrons. The van der Waals surface area contributed by atoms with Crippen LogP contribution in [0.3, 0.4) is 0 Å². The summed E-state index contributed by atoms with van der Waals surface area (Å²) in [6, 6.07) is 1.37. The summed E-state index contributed by atoms with van der Waals surface area (Å²) in [4.78, 5) is 21.9. The van der Waals surface area contributed by atoms with E-state index in [1.54, 1.807) is 4.90 Å². The first kappa shape index (κ1) is 18.5. The van der Waals surface area contributed by atoms with Gasteiger partial charge in [-0.15, -0.1) is 0 Å². The van der Waals surface area contributed by atoms with Crippen LogP contribution < -0.4 is 0 Å². The summed E-state index contributed by atoms with van der Waals surface area (Å²) < 4.78 is 33.5. The van der Waals surface area contributed by atoms with Crippen LogP contribution >= 0.6 is 0 Å². The van der Waals surface area contributed by atoms with Crippen LogP contribution in [0.1, 0.15) is 58.3 Å². The van der Waals surface area contributed by atoms with Gasteiger partial charge in [0.05, 0.1) is 5.69 Å². The van der Waals surface area contributed by atoms with Gasteiger partial charge in [-0.1, -0.05) is 6.92 Å². The molecule has 1 aliphatic rings. The van der Waals surface area contributed by atoms with E-state index in [2.05, 4.69) is 15.1 Å². The molecule has 1 aliphatic heterocycles. The molecule has 7 nitrogen and oxygen atoms in total. The summed E-state index contributed by atoms with van der Waals surface area (Å²) in [5, 5.41) is 4.13. The molecular formula is C17H23F2N5O2. The molecule has 0 N–H and O–H groups in total. The van der Waals surface area contributed by atoms with Crippen molar-refractivity contribution in [3.8, 4) is 0 Å². The van der Waals surface area contributed by atoms with Crippen molar-refractivity contribution in [1.82, 2.24) is 24.5 Å². The summed E-state index contributed by atoms with van der Waals surface area (Å²) in [6.07, 6.45) is -0.350. The third-order valence-electron chi connectivity index (χ3n) is 4.46. The van der Waals surface area contributed by atoms with Crippen LogP contribution in [0.15, 0.2) is 12.4 Å². The van der Waals surface area contributed by atoms with E-state index in [1.165, 1.54) is 16.9 Å². The van der Waals surface area contributed by atoms with E-state index in [-0.39, 0.29) is 11.5 Å². The lowest BCUT2D eigenvalue weighted by Gasteiger charge is -2.41. The van der Waals surface area contributed by atoms with E-state index >= 15 is 0 Å². The van der Waals surface area contributed by atoms with E-state index in [4.69, 9.17) is 4.74 Å². The molecule has 0 spiro atoms. The molecule has 0 bridgehead atoms. The monoisotopic (exact) mass is 367 g/mol. The molecule has 1 fully saturated rings. The minimum Gasteiger partial charge on any atom is -0.444 e. The Kier molecular flexibility index (Phi) is 4.58. The quantitative estimate of drug-likeness (QED) is 0.814. The summed E-state index contributed by atoms with van der Waals surface area (Å²) >= 11 is 0. The molecule has 1 saturated heterocycles. The Morgan fingerprint density at radius 1 is 1.38 bits per heavy atom. The lowest BCUT2D eigenvalue weighted by Crippen LogP contribution is -2.49. The number of piperidine rings is 1. The first-order valence-electron chi connectivity index (χ1n) is 8.56. The second kappa shape index (κ2) is 6.44. The van der Waals surface area contributed by atoms with Crippen molar-refractivity contribution >= 4 is 11.9 Å². The maximum atomic E-state index is 13.3. The fourth-order valence-electron chi connectivity index (χ4n) is 3.30. The first-order valence-corrected chi connectivity index (χ1v) is 8.56. The molecule has 1 amide bonds. The maximum Gasteiger partial charge on any atom is 0.410 e. The van der Waals surface area contributed by atoms with Crippen LogP contribution in [0.4, 0.5) is 13.6 Å². The number of amides is 1. The molecule has 9 heteroatoms. The molecule has 26 heavy (non-hydrogen) atoms. The van der Waals surface area contributed by atoms with E-state index in [0.29, 0.717) is 18.8 Å². The molecule has 1 atom stereocenters. The molecular weight excluding hydrogens is 344 g/mol. The van der Waals surface area contributed by atoms with Gasteiger partial charge in [-0.2, -0.15) is 10.1 Å². The van der Waals surface area contributed by atoms with Crippen LogP contribution in [-0.4, -0.2) is 49.3 Å². The highest BCUT2D eigenvalue weighted by Gasteiger charge is 2.39. The number of halogens is 2. The van der Waals surface area contributed by atoms with Crippen molar-refractivity contribution in [3.63, 3.8) is 0 Å². The fraction of sp³-hybridized carbons (Fsp3) is 0.647. The molecule has 3 rings (SSSR count). The predicted molar refractivity (Wildman–Crippen MR) is 90.1 cm³/mol. The lowest BCUT2D eigenvalue weighted by molar-refractivity contribution is 0.0141. The van der Waals surface area contributed by atoms with Gasteiger partial charge < -0.3 is 9.64 Å². The highest BCUT2D eigenvalue weighted by Crippen LogP contribution is 2.35. The summed E-state index contributed by atoms with van der Waals surface area (Å²) in [7, 11) is 0. The van der Waals surface area contributed by atoms with Crippen molar-refractivity contribution in [2.45, 2.75) is 58.0 Å². The Morgan fingerprint density at radius 2 is 2.12 bits per heavy atom. The zero-order valence-corrected chi connectivity index (χ0v) is 15.4. The van der Waals surface area contributed by atoms with E-state index < -0.39 is 23.5 Å². The normalized spacial score (nSPS) is 21.4. The molecule has 0 aromatic carbocycles. The minimum atomic E-state index is -2.70. The predicted octanol–water partition coefficient (Wildman–Crippen LogP) is 3.35. The Balaban J connectivity index is 1.96. The topological polar surface area (TPSA) is 72.6 Å². The number of hydrogen-bond acceptors (Lipinski definition) is 5. The molecule has 0 saturated carbocycles. The summed E-state index contributed by atoms with van der Waals surface area (Å²) in [5.41, 5.74) is -0.920. The van der Waals surface area contributed by atoms with Crippen LogP contribution in [0.5, 0.6) is 0 Å². The van der Waals surface area contributed by atoms with Crippen LogP contribution in [0.2, 0.25) is 0 Å². The fourth-order valence-corrected chi connectivity index (χ4v) is 3.30. The van der Waals surface area contributed by atoms with Gasteiger partial charge in [-0.3, -0.25) is 0 Å². The van der Waals surface area contributed by atoms with Crippen LogP contribution in [0, 0.1) is 0 Å². The third kappa shape index (κ3) is 3.61. The largest absolute Gasteiger partial charge is 0.444 e. The highest BCUT2D eigenvalue weighted by molar-refractivity contribution is 5.68. The average Bonchev–Trinajstić information content (AvgIpc) is 3.00. The zero-order valence-electron chi connectivity index (χ0n) is 15.4. The second-order valence-electron chi connectivity index (χ2n) is 7.90. The molecule has 3 heterocycles. The van der Waals surface area contributed by atoms with Gasteiger partial charge in [0.25, 0.3) is 12.2 Å². The van der Waals surface area contributed by atoms with E-state index in [1.807, 2.05) is 27.7 Å². The molecule has 142 valence electrons. The van der Waals surface area contributed by atoms with Gasteiger partial charge in [-0.05, 0) is 39.7 Å². The smallest absolute Gasteiger partial charge is 0.410 e. The number of likely N-dealkylation sites (tertiary alicyclic amines) is 1. The van der Waals surface area contributed by atoms with Gasteiger partial charge in [0.1, 0.15) is 17.6 Å². The van der Waals surface area contributed by atoms with Crippen LogP contribution in [-0.2, 0) is 10.2 Å². The summed E-state index contributed by atoms with van der Waals surface area (Å²) in [5.74, 6) is 0.133. The molecule has 2 aromatic heterocycles. The SMILES string of the molecule is CC(C)(C)OC(=O)N1CCC[C@](C)(c2cc(C(F)F)nc3ncnn23)C1. The van der Waals surface area contributed by atoms with E-state index in [9.17, 15) is 13.6 Å². The number of carbonyl (C=O) groups is 1. The van der Waals surface area contributed by atoms with Gasteiger partial charge in [0, 0.05) is 18.5 Å². The Bertz CT molecular complexity index is 817. The Morgan fingerprint density at radius 3 is 2.77 bits per heavy atom. The van der Waals surface area contributed by atoms with Gasteiger partial charge in [0.2, 0.25) is 0 Å². The number of ether oxygens (including phenoxy) is 1. The standard InChI is InChI=1S/C17H23F2N5O2/c1-16(2,3)26-15(25)23-7-5-6-17(4,9-23)12-8-11(13(18)19)22-14-20-10-21-24(12)14/h8,10,13H,5-7,9H2,1-4H3/t17-/m0/s1. The minimum absolute atomic E-state index is 0.133. The number of carbonyl (C=O) groups excluding carboxylic acids is 1. The van der Waals surface area contributed by atoms with Gasteiger partial charge in [-0.25, -0.2) is 23.1 Å². The van der Waals surface area contributed by atoms with Crippen molar-refractivity contribution in [2.24, 2.45) is 0 Å². The van der Waals surface area contributed by atoms with E-state index in [0.717, 1.165) is 12.8 Å². The third-order valence-corrected chi connectivity index (χ3v) is 4.46. The van der Waals surface area contributed by atoms with Crippen molar-refractivity contribution in [3.05, 3.63) is 23.8 Å². The van der Waals surface area contributed by atoms with Gasteiger partial charge in [0.15, 0.2) is 0 Å². The molecule has 0 aliphatic carbocycles. The van der Waals surface area contributed by atoms with Crippen molar-refractivity contribution < 1.29 is 18.3 Å². The number of hydrogen-bond donors (Lipinski definition) is 0. The Labute approximate surface area is 150 Å².